The van der Waals surface area contributed by atoms with Crippen LogP contribution in [0.2, 0.25) is 0 Å². The fourth-order valence-electron chi connectivity index (χ4n) is 2.32. The Morgan fingerprint density at radius 2 is 1.79 bits per heavy atom. The van der Waals surface area contributed by atoms with E-state index in [0.29, 0.717) is 11.3 Å². The fraction of sp³-hybridized carbons (Fsp3) is 0.316. The standard InChI is InChI=1S/C19H22FNO3/c1-14(24-15-9-5-4-6-10-15)18(22)21-13-19(2,23-3)16-11-7-8-12-17(16)20/h4-12,14H,13H2,1-3H3,(H,21,22). The van der Waals surface area contributed by atoms with Crippen LogP contribution in [0.1, 0.15) is 19.4 Å². The summed E-state index contributed by atoms with van der Waals surface area (Å²) in [5.74, 6) is -0.0492. The van der Waals surface area contributed by atoms with Gasteiger partial charge in [0.05, 0.1) is 6.54 Å². The fourth-order valence-corrected chi connectivity index (χ4v) is 2.32. The van der Waals surface area contributed by atoms with Gasteiger partial charge in [-0.1, -0.05) is 36.4 Å². The first-order valence-electron chi connectivity index (χ1n) is 7.76. The number of carbonyl (C=O) groups excluding carboxylic acids is 1. The van der Waals surface area contributed by atoms with Crippen LogP contribution in [0.4, 0.5) is 4.39 Å². The minimum absolute atomic E-state index is 0.131. The normalized spacial score (nSPS) is 14.5. The molecule has 1 amide bonds. The van der Waals surface area contributed by atoms with Crippen LogP contribution in [-0.2, 0) is 15.1 Å². The molecule has 0 radical (unpaired) electrons. The molecule has 2 aromatic carbocycles. The zero-order chi connectivity index (χ0) is 17.6. The van der Waals surface area contributed by atoms with Crippen LogP contribution < -0.4 is 10.1 Å². The monoisotopic (exact) mass is 331 g/mol. The van der Waals surface area contributed by atoms with E-state index < -0.39 is 11.7 Å². The second-order valence-corrected chi connectivity index (χ2v) is 5.71. The Labute approximate surface area is 141 Å². The first-order valence-corrected chi connectivity index (χ1v) is 7.76. The number of carbonyl (C=O) groups is 1. The van der Waals surface area contributed by atoms with Gasteiger partial charge in [0.25, 0.3) is 5.91 Å². The maximum Gasteiger partial charge on any atom is 0.260 e. The molecule has 128 valence electrons. The van der Waals surface area contributed by atoms with Crippen molar-refractivity contribution < 1.29 is 18.7 Å². The van der Waals surface area contributed by atoms with Crippen molar-refractivity contribution in [3.8, 4) is 5.75 Å². The van der Waals surface area contributed by atoms with Crippen LogP contribution in [0.3, 0.4) is 0 Å². The van der Waals surface area contributed by atoms with Gasteiger partial charge in [-0.15, -0.1) is 0 Å². The molecule has 0 aromatic heterocycles. The zero-order valence-electron chi connectivity index (χ0n) is 14.1. The summed E-state index contributed by atoms with van der Waals surface area (Å²) in [4.78, 5) is 12.2. The molecular weight excluding hydrogens is 309 g/mol. The Hall–Kier alpha value is -2.40. The minimum Gasteiger partial charge on any atom is -0.481 e. The molecule has 0 spiro atoms. The molecule has 2 aromatic rings. The number of hydrogen-bond acceptors (Lipinski definition) is 3. The maximum atomic E-state index is 14.0. The molecule has 4 nitrogen and oxygen atoms in total. The summed E-state index contributed by atoms with van der Waals surface area (Å²) in [7, 11) is 1.49. The van der Waals surface area contributed by atoms with E-state index >= 15 is 0 Å². The number of para-hydroxylation sites is 1. The quantitative estimate of drug-likeness (QED) is 0.847. The van der Waals surface area contributed by atoms with E-state index in [1.165, 1.54) is 13.2 Å². The van der Waals surface area contributed by atoms with Crippen molar-refractivity contribution in [3.05, 3.63) is 66.0 Å². The van der Waals surface area contributed by atoms with E-state index in [0.717, 1.165) is 0 Å². The molecule has 24 heavy (non-hydrogen) atoms. The lowest BCUT2D eigenvalue weighted by atomic mass is 9.95. The number of benzene rings is 2. The molecule has 0 fully saturated rings. The summed E-state index contributed by atoms with van der Waals surface area (Å²) in [5.41, 5.74) is -0.572. The Balaban J connectivity index is 1.99. The molecule has 2 atom stereocenters. The lowest BCUT2D eigenvalue weighted by Crippen LogP contribution is -2.45. The lowest BCUT2D eigenvalue weighted by molar-refractivity contribution is -0.128. The van der Waals surface area contributed by atoms with Crippen LogP contribution in [0, 0.1) is 5.82 Å². The van der Waals surface area contributed by atoms with Crippen molar-refractivity contribution in [1.29, 1.82) is 0 Å². The molecule has 0 saturated heterocycles. The third-order valence-electron chi connectivity index (χ3n) is 3.92. The second-order valence-electron chi connectivity index (χ2n) is 5.71. The number of amides is 1. The van der Waals surface area contributed by atoms with Crippen molar-refractivity contribution in [2.75, 3.05) is 13.7 Å². The Morgan fingerprint density at radius 3 is 2.42 bits per heavy atom. The predicted molar refractivity (Wildman–Crippen MR) is 90.3 cm³/mol. The number of rotatable bonds is 7. The highest BCUT2D eigenvalue weighted by Crippen LogP contribution is 2.26. The number of ether oxygens (including phenoxy) is 2. The molecule has 5 heteroatoms. The number of methoxy groups -OCH3 is 1. The maximum absolute atomic E-state index is 14.0. The van der Waals surface area contributed by atoms with Crippen LogP contribution in [0.15, 0.2) is 54.6 Å². The lowest BCUT2D eigenvalue weighted by Gasteiger charge is -2.29. The molecule has 2 unspecified atom stereocenters. The highest BCUT2D eigenvalue weighted by Gasteiger charge is 2.30. The average molecular weight is 331 g/mol. The number of nitrogens with one attached hydrogen (secondary N) is 1. The van der Waals surface area contributed by atoms with E-state index in [-0.39, 0.29) is 18.3 Å². The molecule has 1 N–H and O–H groups in total. The minimum atomic E-state index is -0.965. The number of halogens is 1. The van der Waals surface area contributed by atoms with Gasteiger partial charge in [0.2, 0.25) is 0 Å². The van der Waals surface area contributed by atoms with Gasteiger partial charge in [0.1, 0.15) is 17.2 Å². The molecule has 0 bridgehead atoms. The summed E-state index contributed by atoms with van der Waals surface area (Å²) in [6.45, 7) is 3.52. The van der Waals surface area contributed by atoms with Gasteiger partial charge in [-0.3, -0.25) is 4.79 Å². The zero-order valence-corrected chi connectivity index (χ0v) is 14.1. The average Bonchev–Trinajstić information content (AvgIpc) is 2.60. The SMILES string of the molecule is COC(C)(CNC(=O)C(C)Oc1ccccc1)c1ccccc1F. The van der Waals surface area contributed by atoms with Gasteiger partial charge < -0.3 is 14.8 Å². The topological polar surface area (TPSA) is 47.6 Å². The first-order chi connectivity index (χ1) is 11.5. The second kappa shape index (κ2) is 7.93. The molecular formula is C19H22FNO3. The molecule has 0 aliphatic carbocycles. The van der Waals surface area contributed by atoms with E-state index in [2.05, 4.69) is 5.32 Å². The third kappa shape index (κ3) is 4.32. The van der Waals surface area contributed by atoms with Gasteiger partial charge in [-0.2, -0.15) is 0 Å². The largest absolute Gasteiger partial charge is 0.481 e. The summed E-state index contributed by atoms with van der Waals surface area (Å²) in [6.07, 6.45) is -0.672. The van der Waals surface area contributed by atoms with Crippen molar-refractivity contribution in [1.82, 2.24) is 5.32 Å². The van der Waals surface area contributed by atoms with Gasteiger partial charge in [0, 0.05) is 12.7 Å². The predicted octanol–water partition coefficient (Wildman–Crippen LogP) is 3.27. The Bertz CT molecular complexity index is 677. The Morgan fingerprint density at radius 1 is 1.17 bits per heavy atom. The molecule has 0 aliphatic rings. The highest BCUT2D eigenvalue weighted by atomic mass is 19.1. The van der Waals surface area contributed by atoms with Crippen molar-refractivity contribution >= 4 is 5.91 Å². The van der Waals surface area contributed by atoms with Gasteiger partial charge in [0.15, 0.2) is 6.10 Å². The van der Waals surface area contributed by atoms with Gasteiger partial charge >= 0.3 is 0 Å². The summed E-state index contributed by atoms with van der Waals surface area (Å²) < 4.78 is 25.1. The van der Waals surface area contributed by atoms with E-state index in [4.69, 9.17) is 9.47 Å². The third-order valence-corrected chi connectivity index (χ3v) is 3.92. The van der Waals surface area contributed by atoms with Crippen molar-refractivity contribution in [3.63, 3.8) is 0 Å². The van der Waals surface area contributed by atoms with Crippen LogP contribution in [0.25, 0.3) is 0 Å². The molecule has 0 aliphatic heterocycles. The Kier molecular flexibility index (Phi) is 5.93. The summed E-state index contributed by atoms with van der Waals surface area (Å²) >= 11 is 0. The van der Waals surface area contributed by atoms with Crippen molar-refractivity contribution in [2.24, 2.45) is 0 Å². The van der Waals surface area contributed by atoms with E-state index in [1.54, 1.807) is 44.2 Å². The van der Waals surface area contributed by atoms with E-state index in [9.17, 15) is 9.18 Å². The molecule has 0 saturated carbocycles. The first kappa shape index (κ1) is 17.9. The van der Waals surface area contributed by atoms with Gasteiger partial charge in [-0.25, -0.2) is 4.39 Å². The molecule has 0 heterocycles. The smallest absolute Gasteiger partial charge is 0.260 e. The highest BCUT2D eigenvalue weighted by molar-refractivity contribution is 5.80. The summed E-state index contributed by atoms with van der Waals surface area (Å²) in [5, 5.41) is 2.76. The van der Waals surface area contributed by atoms with Crippen LogP contribution in [0.5, 0.6) is 5.75 Å². The van der Waals surface area contributed by atoms with Crippen molar-refractivity contribution in [2.45, 2.75) is 25.6 Å². The van der Waals surface area contributed by atoms with E-state index in [1.807, 2.05) is 18.2 Å². The van der Waals surface area contributed by atoms with Crippen LogP contribution >= 0.6 is 0 Å². The van der Waals surface area contributed by atoms with Crippen LogP contribution in [-0.4, -0.2) is 25.7 Å². The van der Waals surface area contributed by atoms with Gasteiger partial charge in [-0.05, 0) is 32.0 Å². The number of hydrogen-bond donors (Lipinski definition) is 1. The summed E-state index contributed by atoms with van der Waals surface area (Å²) in [6, 6.07) is 15.5. The molecule has 2 rings (SSSR count).